The Balaban J connectivity index is 1.64. The van der Waals surface area contributed by atoms with Gasteiger partial charge in [-0.1, -0.05) is 18.2 Å². The second kappa shape index (κ2) is 5.71. The fraction of sp³-hybridized carbons (Fsp3) is 0.400. The van der Waals surface area contributed by atoms with E-state index in [0.717, 1.165) is 30.7 Å². The van der Waals surface area contributed by atoms with Crippen LogP contribution in [0.3, 0.4) is 0 Å². The Kier molecular flexibility index (Phi) is 3.43. The third kappa shape index (κ3) is 2.02. The molecule has 6 nitrogen and oxygen atoms in total. The Hall–Kier alpha value is -2.60. The van der Waals surface area contributed by atoms with Crippen LogP contribution in [-0.2, 0) is 14.9 Å². The molecule has 0 radical (unpaired) electrons. The Bertz CT molecular complexity index is 878. The number of carbonyl (C=O) groups is 1. The normalized spacial score (nSPS) is 26.1. The van der Waals surface area contributed by atoms with Crippen LogP contribution in [0.4, 0.5) is 5.69 Å². The van der Waals surface area contributed by atoms with Crippen LogP contribution in [0.2, 0.25) is 0 Å². The molecule has 1 amide bonds. The lowest BCUT2D eigenvalue weighted by atomic mass is 9.80. The average Bonchev–Trinajstić information content (AvgIpc) is 3.38. The van der Waals surface area contributed by atoms with Crippen molar-refractivity contribution in [2.45, 2.75) is 24.4 Å². The summed E-state index contributed by atoms with van der Waals surface area (Å²) >= 11 is 0. The van der Waals surface area contributed by atoms with Gasteiger partial charge in [0.1, 0.15) is 18.1 Å². The van der Waals surface area contributed by atoms with Crippen molar-refractivity contribution in [3.05, 3.63) is 47.7 Å². The van der Waals surface area contributed by atoms with Gasteiger partial charge in [-0.15, -0.1) is 0 Å². The molecule has 0 N–H and O–H groups in total. The molecular weight excluding hydrogens is 332 g/mol. The molecule has 6 heteroatoms. The molecule has 4 heterocycles. The van der Waals surface area contributed by atoms with Crippen LogP contribution in [0.15, 0.2) is 36.4 Å². The summed E-state index contributed by atoms with van der Waals surface area (Å²) in [6.45, 7) is 1.60. The van der Waals surface area contributed by atoms with Crippen LogP contribution in [0.1, 0.15) is 24.1 Å². The number of benzene rings is 1. The minimum absolute atomic E-state index is 0.00806. The van der Waals surface area contributed by atoms with Gasteiger partial charge in [-0.3, -0.25) is 4.79 Å². The van der Waals surface area contributed by atoms with Crippen LogP contribution in [0, 0.1) is 0 Å². The zero-order valence-electron chi connectivity index (χ0n) is 14.6. The summed E-state index contributed by atoms with van der Waals surface area (Å²) in [6.07, 6.45) is 2.12. The summed E-state index contributed by atoms with van der Waals surface area (Å²) in [5, 5.41) is 0. The summed E-state index contributed by atoms with van der Waals surface area (Å²) < 4.78 is 16.9. The van der Waals surface area contributed by atoms with Crippen LogP contribution in [-0.4, -0.2) is 43.9 Å². The second-order valence-corrected chi connectivity index (χ2v) is 6.96. The molecule has 1 fully saturated rings. The second-order valence-electron chi connectivity index (χ2n) is 6.96. The van der Waals surface area contributed by atoms with Gasteiger partial charge < -0.3 is 19.1 Å². The first-order valence-electron chi connectivity index (χ1n) is 8.95. The Morgan fingerprint density at radius 2 is 2.19 bits per heavy atom. The van der Waals surface area contributed by atoms with Gasteiger partial charge in [0.15, 0.2) is 5.41 Å². The first-order chi connectivity index (χ1) is 12.7. The van der Waals surface area contributed by atoms with E-state index in [1.165, 1.54) is 0 Å². The average molecular weight is 352 g/mol. The van der Waals surface area contributed by atoms with Crippen molar-refractivity contribution in [2.24, 2.45) is 0 Å². The molecule has 3 aliphatic rings. The Morgan fingerprint density at radius 1 is 1.31 bits per heavy atom. The van der Waals surface area contributed by atoms with Gasteiger partial charge in [-0.05, 0) is 25.0 Å². The maximum absolute atomic E-state index is 13.6. The molecule has 0 aliphatic carbocycles. The smallest absolute Gasteiger partial charge is 0.247 e. The largest absolute Gasteiger partial charge is 0.490 e. The highest BCUT2D eigenvalue weighted by Crippen LogP contribution is 2.51. The van der Waals surface area contributed by atoms with Crippen molar-refractivity contribution in [2.75, 3.05) is 31.8 Å². The minimum atomic E-state index is -0.904. The molecule has 5 rings (SSSR count). The monoisotopic (exact) mass is 352 g/mol. The van der Waals surface area contributed by atoms with Crippen LogP contribution >= 0.6 is 0 Å². The number of ether oxygens (including phenoxy) is 3. The molecule has 0 bridgehead atoms. The maximum atomic E-state index is 13.6. The molecule has 3 aliphatic heterocycles. The van der Waals surface area contributed by atoms with Crippen molar-refractivity contribution < 1.29 is 19.0 Å². The number of hydrogen-bond donors (Lipinski definition) is 0. The molecule has 1 saturated heterocycles. The minimum Gasteiger partial charge on any atom is -0.490 e. The van der Waals surface area contributed by atoms with Gasteiger partial charge in [0, 0.05) is 23.9 Å². The first kappa shape index (κ1) is 15.6. The number of nitrogens with zero attached hydrogens (tertiary/aromatic N) is 2. The SMILES string of the molecule is COc1ccc2c(n1)C1(CO2)C(=O)N(C[C@H]2CCCO2)c2ccccc21. The first-order valence-corrected chi connectivity index (χ1v) is 8.95. The van der Waals surface area contributed by atoms with E-state index in [-0.39, 0.29) is 18.6 Å². The number of rotatable bonds is 3. The molecule has 134 valence electrons. The molecule has 26 heavy (non-hydrogen) atoms. The van der Waals surface area contributed by atoms with E-state index in [0.29, 0.717) is 23.9 Å². The van der Waals surface area contributed by atoms with E-state index >= 15 is 0 Å². The molecule has 0 saturated carbocycles. The number of anilines is 1. The molecule has 1 aromatic carbocycles. The third-order valence-corrected chi connectivity index (χ3v) is 5.57. The lowest BCUT2D eigenvalue weighted by Gasteiger charge is -2.24. The van der Waals surface area contributed by atoms with Crippen molar-refractivity contribution in [1.29, 1.82) is 0 Å². The molecule has 1 aromatic heterocycles. The summed E-state index contributed by atoms with van der Waals surface area (Å²) in [7, 11) is 1.57. The third-order valence-electron chi connectivity index (χ3n) is 5.57. The van der Waals surface area contributed by atoms with Crippen LogP contribution < -0.4 is 14.4 Å². The van der Waals surface area contributed by atoms with Gasteiger partial charge in [-0.2, -0.15) is 0 Å². The summed E-state index contributed by atoms with van der Waals surface area (Å²) in [5.41, 5.74) is 1.61. The zero-order chi connectivity index (χ0) is 17.7. The van der Waals surface area contributed by atoms with E-state index in [1.54, 1.807) is 13.2 Å². The molecule has 1 unspecified atom stereocenters. The standard InChI is InChI=1S/C20H20N2O4/c1-24-17-9-8-16-18(21-17)20(12-26-16)14-6-2-3-7-15(14)22(19(20)23)11-13-5-4-10-25-13/h2-3,6-9,13H,4-5,10-12H2,1H3/t13-,20?/m1/s1. The van der Waals surface area contributed by atoms with Crippen LogP contribution in [0.25, 0.3) is 0 Å². The van der Waals surface area contributed by atoms with Crippen molar-refractivity contribution in [3.8, 4) is 11.6 Å². The van der Waals surface area contributed by atoms with E-state index in [9.17, 15) is 4.79 Å². The number of amides is 1. The number of para-hydroxylation sites is 1. The van der Waals surface area contributed by atoms with Crippen LogP contribution in [0.5, 0.6) is 11.6 Å². The lowest BCUT2D eigenvalue weighted by molar-refractivity contribution is -0.122. The summed E-state index contributed by atoms with van der Waals surface area (Å²) in [4.78, 5) is 20.1. The molecule has 2 aromatic rings. The fourth-order valence-corrected chi connectivity index (χ4v) is 4.29. The summed E-state index contributed by atoms with van der Waals surface area (Å²) in [5.74, 6) is 1.14. The molecule has 1 spiro atoms. The predicted octanol–water partition coefficient (Wildman–Crippen LogP) is 2.29. The predicted molar refractivity (Wildman–Crippen MR) is 94.8 cm³/mol. The molecular formula is C20H20N2O4. The number of methoxy groups -OCH3 is 1. The van der Waals surface area contributed by atoms with Gasteiger partial charge >= 0.3 is 0 Å². The van der Waals surface area contributed by atoms with E-state index in [2.05, 4.69) is 4.98 Å². The van der Waals surface area contributed by atoms with Crippen molar-refractivity contribution in [1.82, 2.24) is 4.98 Å². The number of carbonyl (C=O) groups excluding carboxylic acids is 1. The highest BCUT2D eigenvalue weighted by atomic mass is 16.5. The lowest BCUT2D eigenvalue weighted by Crippen LogP contribution is -2.45. The molecule has 2 atom stereocenters. The van der Waals surface area contributed by atoms with Crippen molar-refractivity contribution >= 4 is 11.6 Å². The van der Waals surface area contributed by atoms with Gasteiger partial charge in [-0.25, -0.2) is 4.98 Å². The zero-order valence-corrected chi connectivity index (χ0v) is 14.6. The highest BCUT2D eigenvalue weighted by molar-refractivity contribution is 6.11. The number of pyridine rings is 1. The topological polar surface area (TPSA) is 60.9 Å². The fourth-order valence-electron chi connectivity index (χ4n) is 4.29. The van der Waals surface area contributed by atoms with Gasteiger partial charge in [0.2, 0.25) is 11.8 Å². The highest BCUT2D eigenvalue weighted by Gasteiger charge is 2.58. The Morgan fingerprint density at radius 3 is 3.00 bits per heavy atom. The number of aromatic nitrogens is 1. The Labute approximate surface area is 151 Å². The number of hydrogen-bond acceptors (Lipinski definition) is 5. The van der Waals surface area contributed by atoms with E-state index in [4.69, 9.17) is 14.2 Å². The quantitative estimate of drug-likeness (QED) is 0.848. The summed E-state index contributed by atoms with van der Waals surface area (Å²) in [6, 6.07) is 11.5. The maximum Gasteiger partial charge on any atom is 0.247 e. The van der Waals surface area contributed by atoms with Crippen molar-refractivity contribution in [3.63, 3.8) is 0 Å². The van der Waals surface area contributed by atoms with Gasteiger partial charge in [0.05, 0.1) is 19.8 Å². The van der Waals surface area contributed by atoms with E-state index < -0.39 is 5.41 Å². The van der Waals surface area contributed by atoms with Gasteiger partial charge in [0.25, 0.3) is 0 Å². The van der Waals surface area contributed by atoms with E-state index in [1.807, 2.05) is 35.2 Å². The number of fused-ring (bicyclic) bond motifs is 4.